The summed E-state index contributed by atoms with van der Waals surface area (Å²) >= 11 is 0. The largest absolute Gasteiger partial charge is 0.446 e. The van der Waals surface area contributed by atoms with E-state index < -0.39 is 18.0 Å². The van der Waals surface area contributed by atoms with Gasteiger partial charge in [0.25, 0.3) is 0 Å². The third-order valence-electron chi connectivity index (χ3n) is 6.89. The predicted molar refractivity (Wildman–Crippen MR) is 109 cm³/mol. The number of allylic oxidation sites excluding steroid dienone is 1. The molecule has 2 heterocycles. The van der Waals surface area contributed by atoms with Gasteiger partial charge in [0.1, 0.15) is 12.1 Å². The fraction of sp³-hybridized carbons (Fsp3) is 0.818. The fourth-order valence-electron chi connectivity index (χ4n) is 5.16. The van der Waals surface area contributed by atoms with Gasteiger partial charge in [-0.2, -0.15) is 0 Å². The van der Waals surface area contributed by atoms with Gasteiger partial charge in [-0.3, -0.25) is 4.79 Å². The molecule has 7 nitrogen and oxygen atoms in total. The van der Waals surface area contributed by atoms with Crippen LogP contribution in [0.1, 0.15) is 60.8 Å². The van der Waals surface area contributed by atoms with E-state index in [9.17, 15) is 9.59 Å². The molecule has 0 aromatic carbocycles. The molecule has 0 aromatic heterocycles. The molecule has 1 spiro atoms. The quantitative estimate of drug-likeness (QED) is 0.498. The van der Waals surface area contributed by atoms with Crippen molar-refractivity contribution in [3.63, 3.8) is 0 Å². The predicted octanol–water partition coefficient (Wildman–Crippen LogP) is 2.92. The van der Waals surface area contributed by atoms with Gasteiger partial charge >= 0.3 is 6.09 Å². The van der Waals surface area contributed by atoms with Gasteiger partial charge in [0.2, 0.25) is 5.91 Å². The second-order valence-corrected chi connectivity index (χ2v) is 9.75. The summed E-state index contributed by atoms with van der Waals surface area (Å²) in [4.78, 5) is 24.0. The van der Waals surface area contributed by atoms with Gasteiger partial charge in [-0.25, -0.2) is 4.79 Å². The first-order valence-electron chi connectivity index (χ1n) is 10.7. The van der Waals surface area contributed by atoms with Gasteiger partial charge < -0.3 is 25.3 Å². The summed E-state index contributed by atoms with van der Waals surface area (Å²) in [5.41, 5.74) is 6.25. The summed E-state index contributed by atoms with van der Waals surface area (Å²) in [5, 5.41) is 2.62. The van der Waals surface area contributed by atoms with E-state index in [1.54, 1.807) is 0 Å². The maximum atomic E-state index is 12.5. The first-order chi connectivity index (χ1) is 13.5. The summed E-state index contributed by atoms with van der Waals surface area (Å²) in [6, 6.07) is -0.743. The van der Waals surface area contributed by atoms with Crippen LogP contribution in [0, 0.1) is 17.8 Å². The van der Waals surface area contributed by atoms with Crippen molar-refractivity contribution >= 4 is 12.0 Å². The number of nitrogens with one attached hydrogen (secondary N) is 1. The summed E-state index contributed by atoms with van der Waals surface area (Å²) in [5.74, 6) is -0.411. The van der Waals surface area contributed by atoms with Crippen molar-refractivity contribution in [3.05, 3.63) is 11.6 Å². The monoisotopic (exact) mass is 408 g/mol. The molecule has 2 aliphatic heterocycles. The lowest BCUT2D eigenvalue weighted by atomic mass is 9.64. The molecule has 3 fully saturated rings. The Labute approximate surface area is 173 Å². The van der Waals surface area contributed by atoms with Crippen LogP contribution < -0.4 is 11.1 Å². The van der Waals surface area contributed by atoms with Crippen LogP contribution in [0.25, 0.3) is 0 Å². The van der Waals surface area contributed by atoms with Crippen molar-refractivity contribution < 1.29 is 23.8 Å². The molecule has 1 saturated carbocycles. The molecule has 0 bridgehead atoms. The number of primary amides is 1. The maximum Gasteiger partial charge on any atom is 0.408 e. The average Bonchev–Trinajstić information content (AvgIpc) is 3.51. The van der Waals surface area contributed by atoms with Crippen LogP contribution in [0.4, 0.5) is 4.79 Å². The van der Waals surface area contributed by atoms with Gasteiger partial charge in [-0.05, 0) is 46.0 Å². The molecular weight excluding hydrogens is 372 g/mol. The van der Waals surface area contributed by atoms with Crippen molar-refractivity contribution in [1.82, 2.24) is 5.32 Å². The van der Waals surface area contributed by atoms with Crippen LogP contribution in [-0.4, -0.2) is 48.1 Å². The standard InChI is InChI=1S/C22H36N2O5/c1-12(2)7-8-16-21(6,29-16)18-14(5)15(9-10-22(18)11-27-22)28-20(26)24-17(13(3)4)19(23)25/h7,13-18H,8-11H2,1-6H3,(H2,23,25)(H,24,26)/t14-,15-,16-,17-,18-,21+,22+/m1/s1. The number of nitrogens with two attached hydrogens (primary N) is 1. The fourth-order valence-corrected chi connectivity index (χ4v) is 5.16. The third-order valence-corrected chi connectivity index (χ3v) is 6.89. The van der Waals surface area contributed by atoms with E-state index in [-0.39, 0.29) is 41.2 Å². The van der Waals surface area contributed by atoms with E-state index in [0.29, 0.717) is 0 Å². The van der Waals surface area contributed by atoms with Crippen LogP contribution in [0.5, 0.6) is 0 Å². The van der Waals surface area contributed by atoms with Crippen LogP contribution in [-0.2, 0) is 19.0 Å². The zero-order valence-electron chi connectivity index (χ0n) is 18.5. The Kier molecular flexibility index (Phi) is 6.03. The Morgan fingerprint density at radius 3 is 2.52 bits per heavy atom. The van der Waals surface area contributed by atoms with Crippen molar-refractivity contribution in [2.24, 2.45) is 23.5 Å². The molecule has 3 rings (SSSR count). The Balaban J connectivity index is 1.66. The van der Waals surface area contributed by atoms with E-state index in [0.717, 1.165) is 25.9 Å². The summed E-state index contributed by atoms with van der Waals surface area (Å²) in [6.45, 7) is 12.9. The molecule has 3 aliphatic rings. The first-order valence-corrected chi connectivity index (χ1v) is 10.7. The molecule has 2 saturated heterocycles. The maximum absolute atomic E-state index is 12.5. The molecule has 2 amide bonds. The number of ether oxygens (including phenoxy) is 3. The molecule has 0 aromatic rings. The normalized spacial score (nSPS) is 39.0. The van der Waals surface area contributed by atoms with Crippen LogP contribution >= 0.6 is 0 Å². The average molecular weight is 409 g/mol. The van der Waals surface area contributed by atoms with Crippen LogP contribution in [0.2, 0.25) is 0 Å². The molecule has 0 radical (unpaired) electrons. The number of epoxide rings is 2. The molecule has 7 atom stereocenters. The minimum absolute atomic E-state index is 0.0878. The minimum Gasteiger partial charge on any atom is -0.446 e. The Bertz CT molecular complexity index is 683. The van der Waals surface area contributed by atoms with Gasteiger partial charge in [-0.15, -0.1) is 0 Å². The molecule has 1 aliphatic carbocycles. The van der Waals surface area contributed by atoms with Gasteiger partial charge in [-0.1, -0.05) is 32.4 Å². The zero-order valence-corrected chi connectivity index (χ0v) is 18.5. The smallest absolute Gasteiger partial charge is 0.408 e. The van der Waals surface area contributed by atoms with Crippen molar-refractivity contribution in [1.29, 1.82) is 0 Å². The number of carbonyl (C=O) groups is 2. The topological polar surface area (TPSA) is 106 Å². The highest BCUT2D eigenvalue weighted by Gasteiger charge is 2.70. The van der Waals surface area contributed by atoms with E-state index in [2.05, 4.69) is 39.1 Å². The van der Waals surface area contributed by atoms with Crippen LogP contribution in [0.3, 0.4) is 0 Å². The molecule has 164 valence electrons. The first kappa shape index (κ1) is 22.1. The third kappa shape index (κ3) is 4.45. The minimum atomic E-state index is -0.743. The Hall–Kier alpha value is -1.60. The lowest BCUT2D eigenvalue weighted by Gasteiger charge is -2.42. The lowest BCUT2D eigenvalue weighted by molar-refractivity contribution is -0.121. The summed E-state index contributed by atoms with van der Waals surface area (Å²) in [6.07, 6.45) is 4.01. The highest BCUT2D eigenvalue weighted by Crippen LogP contribution is 2.60. The van der Waals surface area contributed by atoms with E-state index in [1.165, 1.54) is 5.57 Å². The SMILES string of the molecule is CC(C)=CC[C@H]1O[C@]1(C)[C@H]1[C@H](C)[C@H](OC(=O)N[C@@H](C(N)=O)C(C)C)CC[C@]12CO2. The van der Waals surface area contributed by atoms with Crippen molar-refractivity contribution in [3.8, 4) is 0 Å². The summed E-state index contributed by atoms with van der Waals surface area (Å²) in [7, 11) is 0. The van der Waals surface area contributed by atoms with E-state index >= 15 is 0 Å². The number of rotatable bonds is 7. The zero-order chi connectivity index (χ0) is 21.6. The summed E-state index contributed by atoms with van der Waals surface area (Å²) < 4.78 is 17.9. The van der Waals surface area contributed by atoms with Gasteiger partial charge in [0, 0.05) is 11.8 Å². The van der Waals surface area contributed by atoms with Gasteiger partial charge in [0.05, 0.1) is 23.9 Å². The number of carbonyl (C=O) groups excluding carboxylic acids is 2. The Morgan fingerprint density at radius 1 is 1.34 bits per heavy atom. The molecular formula is C22H36N2O5. The molecule has 7 heteroatoms. The lowest BCUT2D eigenvalue weighted by Crippen LogP contribution is -2.53. The second-order valence-electron chi connectivity index (χ2n) is 9.75. The van der Waals surface area contributed by atoms with Crippen LogP contribution in [0.15, 0.2) is 11.6 Å². The molecule has 0 unspecified atom stereocenters. The van der Waals surface area contributed by atoms with E-state index in [1.807, 2.05) is 13.8 Å². The highest BCUT2D eigenvalue weighted by atomic mass is 16.6. The van der Waals surface area contributed by atoms with Crippen molar-refractivity contribution in [2.45, 2.75) is 90.3 Å². The van der Waals surface area contributed by atoms with Crippen molar-refractivity contribution in [2.75, 3.05) is 6.61 Å². The number of amides is 2. The number of alkyl carbamates (subject to hydrolysis) is 1. The number of hydrogen-bond donors (Lipinski definition) is 2. The Morgan fingerprint density at radius 2 is 2.00 bits per heavy atom. The molecule has 3 N–H and O–H groups in total. The highest BCUT2D eigenvalue weighted by molar-refractivity contribution is 5.84. The molecule has 29 heavy (non-hydrogen) atoms. The second kappa shape index (κ2) is 7.91. The van der Waals surface area contributed by atoms with Gasteiger partial charge in [0.15, 0.2) is 0 Å². The number of hydrogen-bond acceptors (Lipinski definition) is 5. The van der Waals surface area contributed by atoms with E-state index in [4.69, 9.17) is 19.9 Å².